The standard InChI is InChI=1S/C47H49F4N9O5/c1-56(2)46(64)37-20-31-29(18-28(43(51)44(31)54-37)27-6-4-13-58(24-27)42(62)9-15-60-14-5-12-52-60)30-19-33(49)38(22-32(30)48)57-16-10-47(11-17-57)25-59(26-47)39-23-40(65-3)36(21-34(39)50)53-35-7-8-41(61)55-45(35)63/h5-6,12,14,18-23,35,53-54H,4,7-11,13,15-17,24-26H2,1-3H3,(H,55,61,63). The highest BCUT2D eigenvalue weighted by atomic mass is 19.1. The fourth-order valence-corrected chi connectivity index (χ4v) is 9.57. The summed E-state index contributed by atoms with van der Waals surface area (Å²) in [5, 5.41) is 9.65. The highest BCUT2D eigenvalue weighted by molar-refractivity contribution is 6.05. The van der Waals surface area contributed by atoms with Crippen molar-refractivity contribution in [3.8, 4) is 16.9 Å². The van der Waals surface area contributed by atoms with Crippen molar-refractivity contribution in [2.75, 3.05) is 75.6 Å². The third-order valence-corrected chi connectivity index (χ3v) is 13.2. The average molecular weight is 896 g/mol. The van der Waals surface area contributed by atoms with Gasteiger partial charge in [-0.05, 0) is 61.1 Å². The van der Waals surface area contributed by atoms with Crippen LogP contribution in [0.3, 0.4) is 0 Å². The minimum Gasteiger partial charge on any atom is -0.495 e. The first-order valence-corrected chi connectivity index (χ1v) is 21.7. The van der Waals surface area contributed by atoms with E-state index in [4.69, 9.17) is 4.74 Å². The molecule has 5 aromatic rings. The lowest BCUT2D eigenvalue weighted by molar-refractivity contribution is -0.134. The van der Waals surface area contributed by atoms with Crippen LogP contribution in [0.2, 0.25) is 0 Å². The predicted octanol–water partition coefficient (Wildman–Crippen LogP) is 6.33. The van der Waals surface area contributed by atoms with Crippen LogP contribution in [0.5, 0.6) is 5.75 Å². The van der Waals surface area contributed by atoms with E-state index < -0.39 is 41.1 Å². The Morgan fingerprint density at radius 1 is 0.923 bits per heavy atom. The molecule has 340 valence electrons. The van der Waals surface area contributed by atoms with E-state index in [1.807, 2.05) is 11.0 Å². The van der Waals surface area contributed by atoms with Gasteiger partial charge >= 0.3 is 0 Å². The summed E-state index contributed by atoms with van der Waals surface area (Å²) in [6.45, 7) is 2.87. The number of methoxy groups -OCH3 is 1. The monoisotopic (exact) mass is 895 g/mol. The van der Waals surface area contributed by atoms with E-state index in [0.29, 0.717) is 81.2 Å². The van der Waals surface area contributed by atoms with Gasteiger partial charge in [0.1, 0.15) is 34.9 Å². The average Bonchev–Trinajstić information content (AvgIpc) is 3.98. The number of anilines is 3. The fourth-order valence-electron chi connectivity index (χ4n) is 9.57. The zero-order chi connectivity index (χ0) is 45.7. The summed E-state index contributed by atoms with van der Waals surface area (Å²) in [6, 6.07) is 9.15. The number of hydrogen-bond donors (Lipinski definition) is 3. The maximum absolute atomic E-state index is 16.6. The normalized spacial score (nSPS) is 18.4. The van der Waals surface area contributed by atoms with Gasteiger partial charge in [0.25, 0.3) is 5.91 Å². The molecule has 0 saturated carbocycles. The molecule has 6 heterocycles. The number of aryl methyl sites for hydroxylation is 1. The molecule has 14 nitrogen and oxygen atoms in total. The van der Waals surface area contributed by atoms with E-state index in [1.165, 1.54) is 30.2 Å². The molecule has 1 unspecified atom stereocenters. The molecule has 2 aromatic heterocycles. The third-order valence-electron chi connectivity index (χ3n) is 13.2. The molecule has 3 N–H and O–H groups in total. The molecule has 9 rings (SSSR count). The zero-order valence-corrected chi connectivity index (χ0v) is 36.3. The van der Waals surface area contributed by atoms with Crippen LogP contribution in [-0.4, -0.2) is 115 Å². The van der Waals surface area contributed by atoms with Crippen molar-refractivity contribution in [2.45, 2.75) is 51.1 Å². The summed E-state index contributed by atoms with van der Waals surface area (Å²) < 4.78 is 72.4. The molecule has 4 aliphatic rings. The van der Waals surface area contributed by atoms with Gasteiger partial charge in [-0.25, -0.2) is 17.6 Å². The SMILES string of the molecule is COc1cc(N2CC3(CCN(c4cc(F)c(-c5cc(C6=CCCN(C(=O)CCn7cccn7)C6)c(F)c6[nH]c(C(=O)N(C)C)cc56)cc4F)CC3)C2)c(F)cc1NC1CCC(=O)NC1=O. The maximum Gasteiger partial charge on any atom is 0.269 e. The third kappa shape index (κ3) is 8.37. The number of halogens is 4. The molecule has 4 aliphatic heterocycles. The van der Waals surface area contributed by atoms with Gasteiger partial charge in [-0.15, -0.1) is 0 Å². The molecule has 1 spiro atoms. The van der Waals surface area contributed by atoms with Gasteiger partial charge in [0, 0.05) is 125 Å². The van der Waals surface area contributed by atoms with E-state index in [0.717, 1.165) is 12.1 Å². The molecular formula is C47H49F4N9O5. The van der Waals surface area contributed by atoms with Gasteiger partial charge in [-0.1, -0.05) is 6.08 Å². The number of amides is 4. The topological polar surface area (TPSA) is 148 Å². The molecule has 3 saturated heterocycles. The molecule has 0 aliphatic carbocycles. The van der Waals surface area contributed by atoms with Crippen molar-refractivity contribution in [3.05, 3.63) is 95.5 Å². The first-order valence-electron chi connectivity index (χ1n) is 21.7. The van der Waals surface area contributed by atoms with Gasteiger partial charge in [0.2, 0.25) is 17.7 Å². The summed E-state index contributed by atoms with van der Waals surface area (Å²) in [7, 11) is 4.57. The Morgan fingerprint density at radius 3 is 2.38 bits per heavy atom. The van der Waals surface area contributed by atoms with E-state index in [1.54, 1.807) is 53.1 Å². The van der Waals surface area contributed by atoms with Crippen molar-refractivity contribution in [1.82, 2.24) is 29.9 Å². The van der Waals surface area contributed by atoms with Crippen LogP contribution in [0.25, 0.3) is 27.6 Å². The second kappa shape index (κ2) is 17.3. The van der Waals surface area contributed by atoms with Crippen LogP contribution >= 0.6 is 0 Å². The summed E-state index contributed by atoms with van der Waals surface area (Å²) >= 11 is 0. The summed E-state index contributed by atoms with van der Waals surface area (Å²) in [5.41, 5.74) is 1.29. The lowest BCUT2D eigenvalue weighted by Gasteiger charge is -2.55. The predicted molar refractivity (Wildman–Crippen MR) is 236 cm³/mol. The van der Waals surface area contributed by atoms with Crippen LogP contribution in [0.15, 0.2) is 60.9 Å². The second-order valence-corrected chi connectivity index (χ2v) is 17.6. The Bertz CT molecular complexity index is 2740. The molecule has 65 heavy (non-hydrogen) atoms. The number of aromatic amines is 1. The number of carbonyl (C=O) groups excluding carboxylic acids is 4. The van der Waals surface area contributed by atoms with Gasteiger partial charge in [-0.3, -0.25) is 29.2 Å². The van der Waals surface area contributed by atoms with Gasteiger partial charge in [0.05, 0.1) is 29.7 Å². The number of fused-ring (bicyclic) bond motifs is 1. The lowest BCUT2D eigenvalue weighted by Crippen LogP contribution is -2.60. The quantitative estimate of drug-likeness (QED) is 0.102. The minimum absolute atomic E-state index is 0.0383. The first-order chi connectivity index (χ1) is 31.2. The number of piperidine rings is 2. The van der Waals surface area contributed by atoms with E-state index >= 15 is 17.6 Å². The number of hydrogen-bond acceptors (Lipinski definition) is 9. The molecule has 1 atom stereocenters. The number of rotatable bonds is 11. The van der Waals surface area contributed by atoms with Crippen molar-refractivity contribution in [2.24, 2.45) is 5.41 Å². The van der Waals surface area contributed by atoms with Crippen molar-refractivity contribution in [1.29, 1.82) is 0 Å². The van der Waals surface area contributed by atoms with Crippen molar-refractivity contribution < 1.29 is 41.5 Å². The Kier molecular flexibility index (Phi) is 11.5. The molecule has 0 bridgehead atoms. The van der Waals surface area contributed by atoms with Crippen LogP contribution in [-0.2, 0) is 20.9 Å². The largest absolute Gasteiger partial charge is 0.495 e. The highest BCUT2D eigenvalue weighted by Crippen LogP contribution is 2.47. The van der Waals surface area contributed by atoms with Gasteiger partial charge in [-0.2, -0.15) is 5.10 Å². The number of aromatic nitrogens is 3. The molecule has 3 aromatic carbocycles. The van der Waals surface area contributed by atoms with Crippen molar-refractivity contribution in [3.63, 3.8) is 0 Å². The number of ether oxygens (including phenoxy) is 1. The number of benzene rings is 3. The number of H-pyrrole nitrogens is 1. The van der Waals surface area contributed by atoms with E-state index in [-0.39, 0.29) is 82.0 Å². The second-order valence-electron chi connectivity index (χ2n) is 17.6. The Morgan fingerprint density at radius 2 is 1.68 bits per heavy atom. The molecule has 3 fully saturated rings. The molecular weight excluding hydrogens is 847 g/mol. The summed E-state index contributed by atoms with van der Waals surface area (Å²) in [5.74, 6) is -3.62. The van der Waals surface area contributed by atoms with E-state index in [9.17, 15) is 19.2 Å². The number of carbonyl (C=O) groups is 4. The molecule has 18 heteroatoms. The Labute approximate surface area is 372 Å². The fraction of sp³-hybridized carbons (Fsp3) is 0.383. The smallest absolute Gasteiger partial charge is 0.269 e. The number of nitrogens with zero attached hydrogens (tertiary/aromatic N) is 6. The Hall–Kier alpha value is -6.85. The van der Waals surface area contributed by atoms with Crippen LogP contribution < -0.4 is 25.2 Å². The Balaban J connectivity index is 0.924. The van der Waals surface area contributed by atoms with Gasteiger partial charge in [0.15, 0.2) is 5.82 Å². The summed E-state index contributed by atoms with van der Waals surface area (Å²) in [6.07, 6.45) is 7.63. The van der Waals surface area contributed by atoms with Crippen LogP contribution in [0, 0.1) is 28.7 Å². The minimum atomic E-state index is -0.731. The van der Waals surface area contributed by atoms with Crippen molar-refractivity contribution >= 4 is 57.2 Å². The number of nitrogens with one attached hydrogen (secondary N) is 3. The maximum atomic E-state index is 16.6. The summed E-state index contributed by atoms with van der Waals surface area (Å²) in [4.78, 5) is 59.8. The van der Waals surface area contributed by atoms with Gasteiger partial charge < -0.3 is 34.6 Å². The van der Waals surface area contributed by atoms with Crippen LogP contribution in [0.4, 0.5) is 34.6 Å². The molecule has 4 amide bonds. The van der Waals surface area contributed by atoms with Crippen LogP contribution in [0.1, 0.15) is 54.6 Å². The highest BCUT2D eigenvalue weighted by Gasteiger charge is 2.46. The zero-order valence-electron chi connectivity index (χ0n) is 36.3. The lowest BCUT2D eigenvalue weighted by atomic mass is 9.71. The molecule has 0 radical (unpaired) electrons. The first kappa shape index (κ1) is 43.4. The van der Waals surface area contributed by atoms with E-state index in [2.05, 4.69) is 20.7 Å². The number of imide groups is 1.